The largest absolute Gasteiger partial charge is 0.342 e. The Bertz CT molecular complexity index is 1370. The molecule has 3 N–H and O–H groups in total. The fourth-order valence-electron chi connectivity index (χ4n) is 5.57. The first-order valence-electron chi connectivity index (χ1n) is 13.1. The number of hydrogen-bond donors (Lipinski definition) is 3. The van der Waals surface area contributed by atoms with Crippen LogP contribution in [0.2, 0.25) is 0 Å². The van der Waals surface area contributed by atoms with Gasteiger partial charge < -0.3 is 20.9 Å². The van der Waals surface area contributed by atoms with Gasteiger partial charge in [-0.2, -0.15) is 4.31 Å². The first-order valence-corrected chi connectivity index (χ1v) is 15.0. The van der Waals surface area contributed by atoms with E-state index in [2.05, 4.69) is 20.9 Å². The molecule has 12 heteroatoms. The Morgan fingerprint density at radius 2 is 1.87 bits per heavy atom. The molecule has 2 saturated heterocycles. The van der Waals surface area contributed by atoms with E-state index in [1.165, 1.54) is 4.31 Å². The Morgan fingerprint density at radius 1 is 1.15 bits per heavy atom. The molecule has 0 unspecified atom stereocenters. The molecule has 0 bridgehead atoms. The predicted molar refractivity (Wildman–Crippen MR) is 149 cm³/mol. The molecule has 2 aliphatic rings. The maximum atomic E-state index is 14.0. The number of rotatable bonds is 7. The number of fused-ring (bicyclic) bond motifs is 2. The van der Waals surface area contributed by atoms with E-state index >= 15 is 0 Å². The molecule has 3 amide bonds. The first kappa shape index (κ1) is 28.9. The summed E-state index contributed by atoms with van der Waals surface area (Å²) in [6, 6.07) is 4.80. The van der Waals surface area contributed by atoms with Gasteiger partial charge in [0.05, 0.1) is 29.9 Å². The smallest absolute Gasteiger partial charge is 0.246 e. The fourth-order valence-corrected chi connectivity index (χ4v) is 6.73. The number of nitrogens with zero attached hydrogens (tertiary/aromatic N) is 3. The third-order valence-corrected chi connectivity index (χ3v) is 9.06. The summed E-state index contributed by atoms with van der Waals surface area (Å²) < 4.78 is 26.8. The molecule has 0 aliphatic carbocycles. The molecule has 2 aliphatic heterocycles. The minimum Gasteiger partial charge on any atom is -0.342 e. The van der Waals surface area contributed by atoms with Crippen molar-refractivity contribution in [2.24, 2.45) is 11.3 Å². The van der Waals surface area contributed by atoms with E-state index in [4.69, 9.17) is 0 Å². The van der Waals surface area contributed by atoms with Gasteiger partial charge in [-0.3, -0.25) is 19.4 Å². The second kappa shape index (κ2) is 10.8. The van der Waals surface area contributed by atoms with Gasteiger partial charge in [0.15, 0.2) is 0 Å². The molecule has 3 heterocycles. The molecule has 4 rings (SSSR count). The van der Waals surface area contributed by atoms with Gasteiger partial charge in [0.1, 0.15) is 6.04 Å². The Labute approximate surface area is 229 Å². The number of likely N-dealkylation sites (N-methyl/N-ethyl adjacent to an activating group) is 1. The van der Waals surface area contributed by atoms with Crippen molar-refractivity contribution >= 4 is 44.2 Å². The van der Waals surface area contributed by atoms with Gasteiger partial charge in [-0.1, -0.05) is 32.9 Å². The van der Waals surface area contributed by atoms with E-state index < -0.39 is 45.5 Å². The number of hydrogen-bond acceptors (Lipinski definition) is 7. The normalized spacial score (nSPS) is 23.3. The SMILES string of the molecule is CN[C@@H](C)C(=O)N[C@H](C(=O)N1CC[C@@H]2[C@H]1[C@@H](C(=O)Nc1cccc3ccncc13)CN2S(C)(=O)=O)C(C)(C)C. The molecule has 39 heavy (non-hydrogen) atoms. The van der Waals surface area contributed by atoms with Crippen molar-refractivity contribution in [3.05, 3.63) is 36.7 Å². The topological polar surface area (TPSA) is 141 Å². The van der Waals surface area contributed by atoms with Gasteiger partial charge >= 0.3 is 0 Å². The van der Waals surface area contributed by atoms with E-state index in [9.17, 15) is 22.8 Å². The number of carbonyl (C=O) groups is 3. The zero-order valence-corrected chi connectivity index (χ0v) is 24.1. The number of anilines is 1. The molecule has 0 spiro atoms. The number of pyridine rings is 1. The van der Waals surface area contributed by atoms with Crippen molar-refractivity contribution in [2.75, 3.05) is 31.7 Å². The highest BCUT2D eigenvalue weighted by Gasteiger charge is 2.56. The van der Waals surface area contributed by atoms with Crippen LogP contribution in [0, 0.1) is 11.3 Å². The lowest BCUT2D eigenvalue weighted by Crippen LogP contribution is -2.59. The Kier molecular flexibility index (Phi) is 8.02. The number of sulfonamides is 1. The van der Waals surface area contributed by atoms with Crippen LogP contribution in [0.5, 0.6) is 0 Å². The lowest BCUT2D eigenvalue weighted by molar-refractivity contribution is -0.141. The molecule has 0 saturated carbocycles. The minimum atomic E-state index is -3.63. The summed E-state index contributed by atoms with van der Waals surface area (Å²) in [6.45, 7) is 7.55. The Morgan fingerprint density at radius 3 is 2.51 bits per heavy atom. The molecule has 11 nitrogen and oxygen atoms in total. The standard InChI is InChI=1S/C27H38N6O5S/c1-16(28-5)24(34)31-23(27(2,3)4)26(36)32-13-11-21-22(32)19(15-33(21)39(6,37)38)25(35)30-20-9-7-8-17-10-12-29-14-18(17)20/h7-10,12,14,16,19,21-23,28H,11,13,15H2,1-6H3,(H,30,35)(H,31,34)/t16-,19-,21+,22+,23+/m0/s1. The monoisotopic (exact) mass is 558 g/mol. The lowest BCUT2D eigenvalue weighted by Gasteiger charge is -2.37. The summed E-state index contributed by atoms with van der Waals surface area (Å²) in [7, 11) is -1.97. The number of aromatic nitrogens is 1. The van der Waals surface area contributed by atoms with E-state index in [-0.39, 0.29) is 30.8 Å². The minimum absolute atomic E-state index is 0.0316. The molecular weight excluding hydrogens is 520 g/mol. The van der Waals surface area contributed by atoms with E-state index in [1.54, 1.807) is 37.3 Å². The third-order valence-electron chi connectivity index (χ3n) is 7.79. The molecule has 212 valence electrons. The number of carbonyl (C=O) groups excluding carboxylic acids is 3. The van der Waals surface area contributed by atoms with E-state index in [1.807, 2.05) is 39.0 Å². The van der Waals surface area contributed by atoms with Crippen LogP contribution in [0.3, 0.4) is 0 Å². The highest BCUT2D eigenvalue weighted by Crippen LogP contribution is 2.39. The highest BCUT2D eigenvalue weighted by molar-refractivity contribution is 7.88. The number of nitrogens with one attached hydrogen (secondary N) is 3. The fraction of sp³-hybridized carbons (Fsp3) is 0.556. The molecule has 1 aromatic carbocycles. The van der Waals surface area contributed by atoms with Crippen LogP contribution in [0.15, 0.2) is 36.7 Å². The lowest BCUT2D eigenvalue weighted by atomic mass is 9.85. The van der Waals surface area contributed by atoms with E-state index in [0.29, 0.717) is 12.1 Å². The summed E-state index contributed by atoms with van der Waals surface area (Å²) in [6.07, 6.45) is 4.87. The Balaban J connectivity index is 1.66. The van der Waals surface area contributed by atoms with Crippen molar-refractivity contribution in [1.82, 2.24) is 24.8 Å². The molecule has 2 aromatic rings. The zero-order valence-electron chi connectivity index (χ0n) is 23.3. The molecule has 2 fully saturated rings. The number of amides is 3. The Hall–Kier alpha value is -3.09. The van der Waals surface area contributed by atoms with Gasteiger partial charge in [-0.15, -0.1) is 0 Å². The summed E-state index contributed by atoms with van der Waals surface area (Å²) in [5, 5.41) is 10.4. The summed E-state index contributed by atoms with van der Waals surface area (Å²) >= 11 is 0. The van der Waals surface area contributed by atoms with Crippen LogP contribution in [0.1, 0.15) is 34.1 Å². The zero-order chi connectivity index (χ0) is 28.7. The van der Waals surface area contributed by atoms with Gasteiger partial charge in [0.2, 0.25) is 27.7 Å². The molecule has 0 radical (unpaired) electrons. The van der Waals surface area contributed by atoms with Crippen LogP contribution in [0.4, 0.5) is 5.69 Å². The van der Waals surface area contributed by atoms with Gasteiger partial charge in [-0.25, -0.2) is 8.42 Å². The van der Waals surface area contributed by atoms with Crippen molar-refractivity contribution in [3.8, 4) is 0 Å². The predicted octanol–water partition coefficient (Wildman–Crippen LogP) is 1.17. The number of likely N-dealkylation sites (tertiary alicyclic amines) is 1. The summed E-state index contributed by atoms with van der Waals surface area (Å²) in [4.78, 5) is 46.3. The first-order chi connectivity index (χ1) is 18.2. The third kappa shape index (κ3) is 5.78. The second-order valence-corrected chi connectivity index (χ2v) is 13.5. The summed E-state index contributed by atoms with van der Waals surface area (Å²) in [5.74, 6) is -1.80. The van der Waals surface area contributed by atoms with Crippen LogP contribution in [0.25, 0.3) is 10.8 Å². The van der Waals surface area contributed by atoms with E-state index in [0.717, 1.165) is 17.0 Å². The number of benzene rings is 1. The van der Waals surface area contributed by atoms with Gasteiger partial charge in [-0.05, 0) is 43.3 Å². The summed E-state index contributed by atoms with van der Waals surface area (Å²) in [5.41, 5.74) is -0.0575. The van der Waals surface area contributed by atoms with Crippen LogP contribution >= 0.6 is 0 Å². The average molecular weight is 559 g/mol. The molecule has 5 atom stereocenters. The van der Waals surface area contributed by atoms with Gasteiger partial charge in [0, 0.05) is 36.9 Å². The van der Waals surface area contributed by atoms with Crippen molar-refractivity contribution in [1.29, 1.82) is 0 Å². The average Bonchev–Trinajstić information content (AvgIpc) is 3.46. The molecule has 1 aromatic heterocycles. The van der Waals surface area contributed by atoms with Crippen LogP contribution in [-0.4, -0.2) is 90.9 Å². The van der Waals surface area contributed by atoms with Crippen molar-refractivity contribution < 1.29 is 22.8 Å². The van der Waals surface area contributed by atoms with Gasteiger partial charge in [0.25, 0.3) is 0 Å². The molecular formula is C27H38N6O5S. The maximum Gasteiger partial charge on any atom is 0.246 e. The second-order valence-electron chi connectivity index (χ2n) is 11.5. The maximum absolute atomic E-state index is 14.0. The van der Waals surface area contributed by atoms with Crippen LogP contribution < -0.4 is 16.0 Å². The van der Waals surface area contributed by atoms with Crippen molar-refractivity contribution in [3.63, 3.8) is 0 Å². The quantitative estimate of drug-likeness (QED) is 0.463. The van der Waals surface area contributed by atoms with Crippen molar-refractivity contribution in [2.45, 2.75) is 58.3 Å². The van der Waals surface area contributed by atoms with Crippen LogP contribution in [-0.2, 0) is 24.4 Å². The highest BCUT2D eigenvalue weighted by atomic mass is 32.2.